The Labute approximate surface area is 152 Å². The number of amides is 1. The second-order valence-electron chi connectivity index (χ2n) is 8.02. The van der Waals surface area contributed by atoms with E-state index >= 15 is 0 Å². The van der Waals surface area contributed by atoms with Gasteiger partial charge in [-0.3, -0.25) is 4.79 Å². The molecule has 2 aromatic rings. The number of aryl methyl sites for hydroxylation is 2. The summed E-state index contributed by atoms with van der Waals surface area (Å²) < 4.78 is 8.20. The van der Waals surface area contributed by atoms with Crippen LogP contribution in [0.15, 0.2) is 25.0 Å². The lowest BCUT2D eigenvalue weighted by Crippen LogP contribution is -2.74. The maximum absolute atomic E-state index is 12.9. The number of morpholine rings is 1. The highest BCUT2D eigenvalue weighted by atomic mass is 16.5. The van der Waals surface area contributed by atoms with E-state index < -0.39 is 5.60 Å². The van der Waals surface area contributed by atoms with Crippen molar-refractivity contribution in [2.24, 2.45) is 7.05 Å². The van der Waals surface area contributed by atoms with Crippen LogP contribution in [0.2, 0.25) is 0 Å². The van der Waals surface area contributed by atoms with Crippen LogP contribution in [0.25, 0.3) is 0 Å². The van der Waals surface area contributed by atoms with Gasteiger partial charge in [-0.1, -0.05) is 0 Å². The van der Waals surface area contributed by atoms with E-state index in [-0.39, 0.29) is 11.5 Å². The van der Waals surface area contributed by atoms with E-state index in [4.69, 9.17) is 4.74 Å². The maximum atomic E-state index is 12.9. The Bertz CT molecular complexity index is 840. The predicted octanol–water partition coefficient (Wildman–Crippen LogP) is 1.03. The SMILES string of the molecule is Cc1cncnc1N1CC2(CN(C(=O)c3cn(C)cn3)CC(C)(C)O2)C1. The molecule has 0 bridgehead atoms. The summed E-state index contributed by atoms with van der Waals surface area (Å²) in [6, 6.07) is 0. The molecule has 2 fully saturated rings. The third kappa shape index (κ3) is 2.94. The van der Waals surface area contributed by atoms with E-state index in [1.54, 1.807) is 23.4 Å². The van der Waals surface area contributed by atoms with Gasteiger partial charge in [0.15, 0.2) is 0 Å². The maximum Gasteiger partial charge on any atom is 0.274 e. The highest BCUT2D eigenvalue weighted by molar-refractivity contribution is 5.92. The van der Waals surface area contributed by atoms with Crippen molar-refractivity contribution < 1.29 is 9.53 Å². The summed E-state index contributed by atoms with van der Waals surface area (Å²) in [4.78, 5) is 29.6. The summed E-state index contributed by atoms with van der Waals surface area (Å²) >= 11 is 0. The van der Waals surface area contributed by atoms with E-state index in [1.165, 1.54) is 0 Å². The van der Waals surface area contributed by atoms with Crippen molar-refractivity contribution in [3.8, 4) is 0 Å². The third-order valence-corrected chi connectivity index (χ3v) is 4.88. The zero-order chi connectivity index (χ0) is 18.5. The number of imidazole rings is 1. The minimum Gasteiger partial charge on any atom is -0.362 e. The summed E-state index contributed by atoms with van der Waals surface area (Å²) in [5, 5.41) is 0. The molecule has 0 unspecified atom stereocenters. The van der Waals surface area contributed by atoms with Gasteiger partial charge in [0, 0.05) is 31.5 Å². The molecule has 26 heavy (non-hydrogen) atoms. The van der Waals surface area contributed by atoms with Crippen LogP contribution in [0.3, 0.4) is 0 Å². The first-order chi connectivity index (χ1) is 12.3. The summed E-state index contributed by atoms with van der Waals surface area (Å²) in [6.45, 7) is 8.60. The number of hydrogen-bond donors (Lipinski definition) is 0. The molecule has 4 heterocycles. The Morgan fingerprint density at radius 3 is 2.62 bits per heavy atom. The summed E-state index contributed by atoms with van der Waals surface area (Å²) in [7, 11) is 1.86. The number of rotatable bonds is 2. The minimum atomic E-state index is -0.407. The van der Waals surface area contributed by atoms with E-state index in [2.05, 4.69) is 19.9 Å². The van der Waals surface area contributed by atoms with E-state index in [0.717, 1.165) is 11.4 Å². The minimum absolute atomic E-state index is 0.0435. The van der Waals surface area contributed by atoms with Gasteiger partial charge in [0.1, 0.15) is 23.4 Å². The number of ether oxygens (including phenoxy) is 1. The zero-order valence-corrected chi connectivity index (χ0v) is 15.6. The van der Waals surface area contributed by atoms with Crippen molar-refractivity contribution in [1.82, 2.24) is 24.4 Å². The lowest BCUT2D eigenvalue weighted by Gasteiger charge is -2.58. The quantitative estimate of drug-likeness (QED) is 0.800. The number of nitrogens with zero attached hydrogens (tertiary/aromatic N) is 6. The van der Waals surface area contributed by atoms with Gasteiger partial charge in [-0.05, 0) is 20.8 Å². The van der Waals surface area contributed by atoms with Crippen LogP contribution in [0, 0.1) is 6.92 Å². The van der Waals surface area contributed by atoms with Crippen LogP contribution in [0.1, 0.15) is 29.9 Å². The van der Waals surface area contributed by atoms with Crippen LogP contribution >= 0.6 is 0 Å². The molecule has 0 N–H and O–H groups in total. The molecule has 2 aliphatic rings. The highest BCUT2D eigenvalue weighted by Gasteiger charge is 2.53. The Kier molecular flexibility index (Phi) is 3.76. The zero-order valence-electron chi connectivity index (χ0n) is 15.6. The summed E-state index contributed by atoms with van der Waals surface area (Å²) in [5.41, 5.74) is 0.737. The molecule has 8 heteroatoms. The van der Waals surface area contributed by atoms with Gasteiger partial charge in [0.05, 0.1) is 31.6 Å². The van der Waals surface area contributed by atoms with Crippen molar-refractivity contribution in [3.63, 3.8) is 0 Å². The van der Waals surface area contributed by atoms with Crippen molar-refractivity contribution in [2.75, 3.05) is 31.1 Å². The van der Waals surface area contributed by atoms with Crippen molar-refractivity contribution in [2.45, 2.75) is 32.0 Å². The second-order valence-corrected chi connectivity index (χ2v) is 8.02. The van der Waals surface area contributed by atoms with Gasteiger partial charge in [-0.2, -0.15) is 0 Å². The van der Waals surface area contributed by atoms with Gasteiger partial charge >= 0.3 is 0 Å². The van der Waals surface area contributed by atoms with Crippen molar-refractivity contribution in [3.05, 3.63) is 36.3 Å². The highest BCUT2D eigenvalue weighted by Crippen LogP contribution is 2.38. The first-order valence-corrected chi connectivity index (χ1v) is 8.76. The summed E-state index contributed by atoms with van der Waals surface area (Å²) in [6.07, 6.45) is 6.79. The topological polar surface area (TPSA) is 76.4 Å². The lowest BCUT2D eigenvalue weighted by molar-refractivity contribution is -0.197. The molecule has 0 atom stereocenters. The largest absolute Gasteiger partial charge is 0.362 e. The molecule has 0 aromatic carbocycles. The standard InChI is InChI=1S/C18H24N6O2/c1-13-5-19-11-20-15(13)23-8-18(9-23)10-24(7-17(2,3)26-18)16(25)14-6-22(4)12-21-14/h5-6,11-12H,7-10H2,1-4H3. The van der Waals surface area contributed by atoms with Gasteiger partial charge < -0.3 is 19.1 Å². The molecule has 0 radical (unpaired) electrons. The molecule has 4 rings (SSSR count). The first kappa shape index (κ1) is 17.0. The molecule has 1 amide bonds. The molecule has 2 saturated heterocycles. The van der Waals surface area contributed by atoms with Crippen molar-refractivity contribution >= 4 is 11.7 Å². The van der Waals surface area contributed by atoms with Gasteiger partial charge in [-0.25, -0.2) is 15.0 Å². The summed E-state index contributed by atoms with van der Waals surface area (Å²) in [5.74, 6) is 0.887. The van der Waals surface area contributed by atoms with Crippen LogP contribution in [0.4, 0.5) is 5.82 Å². The Morgan fingerprint density at radius 2 is 1.96 bits per heavy atom. The van der Waals surface area contributed by atoms with Gasteiger partial charge in [0.2, 0.25) is 0 Å². The van der Waals surface area contributed by atoms with Crippen LogP contribution in [0.5, 0.6) is 0 Å². The number of carbonyl (C=O) groups is 1. The van der Waals surface area contributed by atoms with Crippen LogP contribution < -0.4 is 4.90 Å². The first-order valence-electron chi connectivity index (χ1n) is 8.76. The average Bonchev–Trinajstić information content (AvgIpc) is 2.97. The number of aromatic nitrogens is 4. The normalized spacial score (nSPS) is 20.9. The average molecular weight is 356 g/mol. The number of anilines is 1. The molecule has 0 aliphatic carbocycles. The fraction of sp³-hybridized carbons (Fsp3) is 0.556. The fourth-order valence-electron chi connectivity index (χ4n) is 4.03. The van der Waals surface area contributed by atoms with Crippen molar-refractivity contribution in [1.29, 1.82) is 0 Å². The molecular formula is C18H24N6O2. The number of carbonyl (C=O) groups excluding carboxylic acids is 1. The van der Waals surface area contributed by atoms with E-state index in [0.29, 0.717) is 31.9 Å². The van der Waals surface area contributed by atoms with Gasteiger partial charge in [0.25, 0.3) is 5.91 Å². The molecule has 2 aliphatic heterocycles. The Balaban J connectivity index is 1.53. The number of hydrogen-bond acceptors (Lipinski definition) is 6. The fourth-order valence-corrected chi connectivity index (χ4v) is 4.03. The monoisotopic (exact) mass is 356 g/mol. The molecule has 138 valence electrons. The Hall–Kier alpha value is -2.48. The smallest absolute Gasteiger partial charge is 0.274 e. The molecule has 1 spiro atoms. The molecular weight excluding hydrogens is 332 g/mol. The second kappa shape index (κ2) is 5.77. The molecule has 8 nitrogen and oxygen atoms in total. The van der Waals surface area contributed by atoms with Crippen LogP contribution in [-0.4, -0.2) is 67.7 Å². The van der Waals surface area contributed by atoms with E-state index in [9.17, 15) is 4.79 Å². The lowest BCUT2D eigenvalue weighted by atomic mass is 9.88. The molecule has 0 saturated carbocycles. The Morgan fingerprint density at radius 1 is 1.19 bits per heavy atom. The van der Waals surface area contributed by atoms with Crippen LogP contribution in [-0.2, 0) is 11.8 Å². The third-order valence-electron chi connectivity index (χ3n) is 4.88. The van der Waals surface area contributed by atoms with E-state index in [1.807, 2.05) is 38.9 Å². The predicted molar refractivity (Wildman–Crippen MR) is 96.0 cm³/mol. The van der Waals surface area contributed by atoms with Gasteiger partial charge in [-0.15, -0.1) is 0 Å². The molecule has 2 aromatic heterocycles.